The van der Waals surface area contributed by atoms with Crippen molar-refractivity contribution in [2.24, 2.45) is 0 Å². The zero-order chi connectivity index (χ0) is 10.7. The summed E-state index contributed by atoms with van der Waals surface area (Å²) in [5.74, 6) is 0. The number of hydrogen-bond donors (Lipinski definition) is 1. The standard InChI is InChI=1S/C9H9F2N3/c1-5-6(2-3-12)8(9(10)11)14-4-7(5)13/h4,9H,2,13H2,1H3. The Kier molecular flexibility index (Phi) is 2.97. The Bertz CT molecular complexity index is 382. The van der Waals surface area contributed by atoms with Crippen molar-refractivity contribution in [1.29, 1.82) is 5.26 Å². The van der Waals surface area contributed by atoms with Crippen LogP contribution in [-0.2, 0) is 6.42 Å². The van der Waals surface area contributed by atoms with E-state index in [-0.39, 0.29) is 17.7 Å². The van der Waals surface area contributed by atoms with Gasteiger partial charge in [-0.2, -0.15) is 5.26 Å². The summed E-state index contributed by atoms with van der Waals surface area (Å²) in [7, 11) is 0. The van der Waals surface area contributed by atoms with E-state index in [1.54, 1.807) is 6.92 Å². The van der Waals surface area contributed by atoms with Gasteiger partial charge >= 0.3 is 0 Å². The first-order valence-electron chi connectivity index (χ1n) is 3.96. The van der Waals surface area contributed by atoms with Crippen LogP contribution in [0.4, 0.5) is 14.5 Å². The fraction of sp³-hybridized carbons (Fsp3) is 0.333. The van der Waals surface area contributed by atoms with E-state index < -0.39 is 6.43 Å². The molecule has 74 valence electrons. The maximum atomic E-state index is 12.4. The number of pyridine rings is 1. The van der Waals surface area contributed by atoms with Crippen LogP contribution in [-0.4, -0.2) is 4.98 Å². The number of nitrogen functional groups attached to an aromatic ring is 1. The van der Waals surface area contributed by atoms with Crippen molar-refractivity contribution >= 4 is 5.69 Å². The van der Waals surface area contributed by atoms with Gasteiger partial charge in [-0.1, -0.05) is 0 Å². The Morgan fingerprint density at radius 3 is 2.79 bits per heavy atom. The maximum absolute atomic E-state index is 12.4. The van der Waals surface area contributed by atoms with Gasteiger partial charge < -0.3 is 5.73 Å². The van der Waals surface area contributed by atoms with Gasteiger partial charge in [0.1, 0.15) is 5.69 Å². The molecule has 1 rings (SSSR count). The summed E-state index contributed by atoms with van der Waals surface area (Å²) in [4.78, 5) is 3.53. The first kappa shape index (κ1) is 10.4. The van der Waals surface area contributed by atoms with E-state index in [9.17, 15) is 8.78 Å². The quantitative estimate of drug-likeness (QED) is 0.788. The SMILES string of the molecule is Cc1c(N)cnc(C(F)F)c1CC#N. The minimum absolute atomic E-state index is 0.0937. The second kappa shape index (κ2) is 4.01. The number of aromatic nitrogens is 1. The molecule has 0 amide bonds. The highest BCUT2D eigenvalue weighted by atomic mass is 19.3. The molecule has 0 bridgehead atoms. The van der Waals surface area contributed by atoms with Gasteiger partial charge in [-0.25, -0.2) is 8.78 Å². The first-order chi connectivity index (χ1) is 6.57. The predicted molar refractivity (Wildman–Crippen MR) is 47.7 cm³/mol. The van der Waals surface area contributed by atoms with Gasteiger partial charge in [0, 0.05) is 0 Å². The zero-order valence-electron chi connectivity index (χ0n) is 7.59. The van der Waals surface area contributed by atoms with E-state index in [1.807, 2.05) is 6.07 Å². The fourth-order valence-corrected chi connectivity index (χ4v) is 1.17. The van der Waals surface area contributed by atoms with Crippen molar-refractivity contribution in [3.05, 3.63) is 23.0 Å². The number of rotatable bonds is 2. The maximum Gasteiger partial charge on any atom is 0.280 e. The molecule has 0 saturated carbocycles. The molecular formula is C9H9F2N3. The van der Waals surface area contributed by atoms with Crippen molar-refractivity contribution < 1.29 is 8.78 Å². The van der Waals surface area contributed by atoms with Crippen LogP contribution in [0.15, 0.2) is 6.20 Å². The Hall–Kier alpha value is -1.70. The Morgan fingerprint density at radius 1 is 1.64 bits per heavy atom. The third-order valence-corrected chi connectivity index (χ3v) is 2.00. The molecule has 1 aromatic rings. The van der Waals surface area contributed by atoms with E-state index in [1.165, 1.54) is 6.20 Å². The summed E-state index contributed by atoms with van der Waals surface area (Å²) in [6.07, 6.45) is -1.57. The Balaban J connectivity index is 3.31. The molecule has 0 radical (unpaired) electrons. The summed E-state index contributed by atoms with van der Waals surface area (Å²) >= 11 is 0. The van der Waals surface area contributed by atoms with Crippen LogP contribution in [0.2, 0.25) is 0 Å². The second-order valence-electron chi connectivity index (χ2n) is 2.84. The van der Waals surface area contributed by atoms with Crippen molar-refractivity contribution in [3.63, 3.8) is 0 Å². The summed E-state index contributed by atoms with van der Waals surface area (Å²) in [6, 6.07) is 1.82. The molecule has 0 atom stereocenters. The number of anilines is 1. The molecule has 14 heavy (non-hydrogen) atoms. The van der Waals surface area contributed by atoms with Crippen LogP contribution in [0, 0.1) is 18.3 Å². The van der Waals surface area contributed by atoms with Crippen LogP contribution in [0.3, 0.4) is 0 Å². The first-order valence-corrected chi connectivity index (χ1v) is 3.96. The minimum atomic E-state index is -2.67. The topological polar surface area (TPSA) is 62.7 Å². The van der Waals surface area contributed by atoms with Crippen molar-refractivity contribution in [2.45, 2.75) is 19.8 Å². The van der Waals surface area contributed by atoms with Crippen LogP contribution >= 0.6 is 0 Å². The second-order valence-corrected chi connectivity index (χ2v) is 2.84. The highest BCUT2D eigenvalue weighted by molar-refractivity contribution is 5.50. The normalized spacial score (nSPS) is 10.2. The van der Waals surface area contributed by atoms with Gasteiger partial charge in [0.15, 0.2) is 0 Å². The molecule has 0 aromatic carbocycles. The summed E-state index contributed by atoms with van der Waals surface area (Å²) in [5.41, 5.74) is 6.24. The van der Waals surface area contributed by atoms with Gasteiger partial charge in [0.25, 0.3) is 6.43 Å². The highest BCUT2D eigenvalue weighted by Crippen LogP contribution is 2.26. The van der Waals surface area contributed by atoms with Gasteiger partial charge in [-0.3, -0.25) is 4.98 Å². The van der Waals surface area contributed by atoms with E-state index >= 15 is 0 Å². The van der Waals surface area contributed by atoms with Crippen LogP contribution < -0.4 is 5.73 Å². The van der Waals surface area contributed by atoms with Crippen LogP contribution in [0.1, 0.15) is 23.2 Å². The lowest BCUT2D eigenvalue weighted by atomic mass is 10.0. The molecule has 0 spiro atoms. The molecule has 0 saturated heterocycles. The average molecular weight is 197 g/mol. The number of nitriles is 1. The molecule has 0 fully saturated rings. The Morgan fingerprint density at radius 2 is 2.29 bits per heavy atom. The van der Waals surface area contributed by atoms with E-state index in [0.717, 1.165) is 0 Å². The lowest BCUT2D eigenvalue weighted by Crippen LogP contribution is -2.04. The fourth-order valence-electron chi connectivity index (χ4n) is 1.17. The third-order valence-electron chi connectivity index (χ3n) is 2.00. The van der Waals surface area contributed by atoms with Crippen LogP contribution in [0.5, 0.6) is 0 Å². The lowest BCUT2D eigenvalue weighted by molar-refractivity contribution is 0.145. The molecule has 2 N–H and O–H groups in total. The summed E-state index contributed by atoms with van der Waals surface area (Å²) < 4.78 is 24.9. The molecule has 0 aliphatic heterocycles. The van der Waals surface area contributed by atoms with Gasteiger partial charge in [0.05, 0.1) is 24.4 Å². The molecule has 0 unspecified atom stereocenters. The van der Waals surface area contributed by atoms with E-state index in [4.69, 9.17) is 11.0 Å². The third kappa shape index (κ3) is 1.79. The minimum Gasteiger partial charge on any atom is -0.397 e. The molecular weight excluding hydrogens is 188 g/mol. The molecule has 3 nitrogen and oxygen atoms in total. The molecule has 0 aliphatic carbocycles. The number of alkyl halides is 2. The monoisotopic (exact) mass is 197 g/mol. The van der Waals surface area contributed by atoms with E-state index in [0.29, 0.717) is 11.3 Å². The molecule has 0 aliphatic rings. The molecule has 1 aromatic heterocycles. The van der Waals surface area contributed by atoms with Crippen LogP contribution in [0.25, 0.3) is 0 Å². The van der Waals surface area contributed by atoms with Crippen molar-refractivity contribution in [1.82, 2.24) is 4.98 Å². The number of hydrogen-bond acceptors (Lipinski definition) is 3. The van der Waals surface area contributed by atoms with E-state index in [2.05, 4.69) is 4.98 Å². The van der Waals surface area contributed by atoms with Gasteiger partial charge in [0.2, 0.25) is 0 Å². The smallest absolute Gasteiger partial charge is 0.280 e. The van der Waals surface area contributed by atoms with Gasteiger partial charge in [-0.15, -0.1) is 0 Å². The van der Waals surface area contributed by atoms with Gasteiger partial charge in [-0.05, 0) is 18.1 Å². The van der Waals surface area contributed by atoms with Crippen molar-refractivity contribution in [2.75, 3.05) is 5.73 Å². The summed E-state index contributed by atoms with van der Waals surface area (Å²) in [6.45, 7) is 1.61. The largest absolute Gasteiger partial charge is 0.397 e. The molecule has 1 heterocycles. The average Bonchev–Trinajstić information content (AvgIpc) is 2.13. The number of nitrogens with zero attached hydrogens (tertiary/aromatic N) is 2. The number of nitrogens with two attached hydrogens (primary N) is 1. The Labute approximate surface area is 80.2 Å². The number of halogens is 2. The predicted octanol–water partition coefficient (Wildman–Crippen LogP) is 1.98. The lowest BCUT2D eigenvalue weighted by Gasteiger charge is -2.09. The molecule has 5 heteroatoms. The van der Waals surface area contributed by atoms with Crippen molar-refractivity contribution in [3.8, 4) is 6.07 Å². The highest BCUT2D eigenvalue weighted by Gasteiger charge is 2.17. The summed E-state index contributed by atoms with van der Waals surface area (Å²) in [5, 5.41) is 8.48. The zero-order valence-corrected chi connectivity index (χ0v) is 7.59.